The van der Waals surface area contributed by atoms with Crippen LogP contribution >= 0.6 is 0 Å². The quantitative estimate of drug-likeness (QED) is 0.899. The number of rotatable bonds is 3. The number of carbonyl (C=O) groups excluding carboxylic acids is 1. The number of H-pyrrole nitrogens is 1. The number of pyridine rings is 1. The van der Waals surface area contributed by atoms with E-state index in [0.717, 1.165) is 37.4 Å². The summed E-state index contributed by atoms with van der Waals surface area (Å²) in [4.78, 5) is 19.1. The number of nitrogens with one attached hydrogen (secondary N) is 2. The van der Waals surface area contributed by atoms with Gasteiger partial charge in [0.25, 0.3) is 5.91 Å². The van der Waals surface area contributed by atoms with Crippen molar-refractivity contribution in [2.75, 3.05) is 25.5 Å². The number of hydrogen-bond acceptors (Lipinski definition) is 4. The Labute approximate surface area is 149 Å². The summed E-state index contributed by atoms with van der Waals surface area (Å²) >= 11 is 0. The molecule has 25 heavy (non-hydrogen) atoms. The van der Waals surface area contributed by atoms with Crippen LogP contribution in [0.4, 0.5) is 5.82 Å². The molecule has 0 spiro atoms. The van der Waals surface area contributed by atoms with Crippen LogP contribution < -0.4 is 5.32 Å². The van der Waals surface area contributed by atoms with Gasteiger partial charge in [0.05, 0.1) is 0 Å². The Morgan fingerprint density at radius 2 is 2.16 bits per heavy atom. The fourth-order valence-electron chi connectivity index (χ4n) is 3.25. The molecule has 1 atom stereocenters. The van der Waals surface area contributed by atoms with Crippen LogP contribution in [0.1, 0.15) is 61.3 Å². The van der Waals surface area contributed by atoms with Crippen molar-refractivity contribution in [1.29, 1.82) is 0 Å². The molecule has 6 heteroatoms. The third-order valence-electron chi connectivity index (χ3n) is 4.83. The Bertz CT molecular complexity index is 746. The van der Waals surface area contributed by atoms with E-state index in [1.54, 1.807) is 0 Å². The van der Waals surface area contributed by atoms with Gasteiger partial charge in [0.2, 0.25) is 0 Å². The zero-order valence-corrected chi connectivity index (χ0v) is 15.5. The van der Waals surface area contributed by atoms with Crippen LogP contribution in [-0.2, 0) is 5.41 Å². The number of aromatic amines is 1. The molecule has 0 unspecified atom stereocenters. The van der Waals surface area contributed by atoms with Crippen LogP contribution in [-0.4, -0.2) is 46.1 Å². The second kappa shape index (κ2) is 6.86. The summed E-state index contributed by atoms with van der Waals surface area (Å²) in [6.45, 7) is 7.83. The Kier molecular flexibility index (Phi) is 4.79. The van der Waals surface area contributed by atoms with Gasteiger partial charge in [-0.15, -0.1) is 0 Å². The minimum absolute atomic E-state index is 0.0133. The average Bonchev–Trinajstić information content (AvgIpc) is 3.12. The van der Waals surface area contributed by atoms with Gasteiger partial charge in [0, 0.05) is 43.4 Å². The molecule has 6 nitrogen and oxygen atoms in total. The van der Waals surface area contributed by atoms with Gasteiger partial charge in [-0.25, -0.2) is 4.98 Å². The normalized spacial score (nSPS) is 18.2. The molecule has 2 N–H and O–H groups in total. The molecule has 0 aromatic carbocycles. The highest BCUT2D eigenvalue weighted by molar-refractivity contribution is 5.92. The van der Waals surface area contributed by atoms with Gasteiger partial charge in [0.15, 0.2) is 0 Å². The van der Waals surface area contributed by atoms with Gasteiger partial charge in [0.1, 0.15) is 11.5 Å². The second-order valence-electron chi connectivity index (χ2n) is 7.73. The second-order valence-corrected chi connectivity index (χ2v) is 7.73. The first-order valence-corrected chi connectivity index (χ1v) is 8.87. The molecule has 2 aromatic rings. The highest BCUT2D eigenvalue weighted by atomic mass is 16.2. The molecule has 1 amide bonds. The summed E-state index contributed by atoms with van der Waals surface area (Å²) in [5.41, 5.74) is 2.68. The van der Waals surface area contributed by atoms with Gasteiger partial charge in [-0.3, -0.25) is 9.89 Å². The van der Waals surface area contributed by atoms with E-state index < -0.39 is 0 Å². The van der Waals surface area contributed by atoms with Crippen LogP contribution in [0.15, 0.2) is 24.4 Å². The summed E-state index contributed by atoms with van der Waals surface area (Å²) in [7, 11) is 1.87. The predicted octanol–water partition coefficient (Wildman–Crippen LogP) is 3.16. The van der Waals surface area contributed by atoms with Gasteiger partial charge >= 0.3 is 0 Å². The van der Waals surface area contributed by atoms with E-state index in [4.69, 9.17) is 0 Å². The molecule has 3 rings (SSSR count). The number of hydrogen-bond donors (Lipinski definition) is 2. The Balaban J connectivity index is 1.74. The Morgan fingerprint density at radius 3 is 2.84 bits per heavy atom. The van der Waals surface area contributed by atoms with E-state index >= 15 is 0 Å². The topological polar surface area (TPSA) is 73.9 Å². The van der Waals surface area contributed by atoms with Gasteiger partial charge in [-0.2, -0.15) is 5.10 Å². The van der Waals surface area contributed by atoms with E-state index in [1.807, 2.05) is 30.3 Å². The van der Waals surface area contributed by atoms with Crippen LogP contribution in [0, 0.1) is 0 Å². The maximum absolute atomic E-state index is 12.9. The minimum atomic E-state index is -0.0451. The number of amides is 1. The SMILES string of the molecule is CNc1cc([C@@H]2CCCN(C(=O)c3cc(C(C)(C)C)[nH]n3)C2)ccn1. The van der Waals surface area contributed by atoms with Crippen LogP contribution in [0.3, 0.4) is 0 Å². The smallest absolute Gasteiger partial charge is 0.274 e. The molecule has 1 aliphatic heterocycles. The zero-order chi connectivity index (χ0) is 18.0. The lowest BCUT2D eigenvalue weighted by Crippen LogP contribution is -2.39. The highest BCUT2D eigenvalue weighted by Gasteiger charge is 2.28. The van der Waals surface area contributed by atoms with Crippen LogP contribution in [0.25, 0.3) is 0 Å². The summed E-state index contributed by atoms with van der Waals surface area (Å²) < 4.78 is 0. The molecule has 0 bridgehead atoms. The molecule has 1 fully saturated rings. The molecule has 0 radical (unpaired) electrons. The fourth-order valence-corrected chi connectivity index (χ4v) is 3.25. The number of anilines is 1. The van der Waals surface area contributed by atoms with Crippen LogP contribution in [0.2, 0.25) is 0 Å². The third kappa shape index (κ3) is 3.83. The van der Waals surface area contributed by atoms with Crippen LogP contribution in [0.5, 0.6) is 0 Å². The standard InChI is InChI=1S/C19H27N5O/c1-19(2,3)16-11-15(22-23-16)18(25)24-9-5-6-14(12-24)13-7-8-21-17(10-13)20-4/h7-8,10-11,14H,5-6,9,12H2,1-4H3,(H,20,21)(H,22,23)/t14-/m1/s1. The minimum Gasteiger partial charge on any atom is -0.373 e. The number of piperidine rings is 1. The number of likely N-dealkylation sites (tertiary alicyclic amines) is 1. The van der Waals surface area contributed by atoms with Crippen molar-refractivity contribution in [1.82, 2.24) is 20.1 Å². The predicted molar refractivity (Wildman–Crippen MR) is 98.9 cm³/mol. The average molecular weight is 341 g/mol. The molecule has 1 aliphatic rings. The third-order valence-corrected chi connectivity index (χ3v) is 4.83. The molecule has 1 saturated heterocycles. The van der Waals surface area contributed by atoms with E-state index in [0.29, 0.717) is 11.6 Å². The molecule has 0 saturated carbocycles. The van der Waals surface area contributed by atoms with Gasteiger partial charge < -0.3 is 10.2 Å². The first-order chi connectivity index (χ1) is 11.9. The number of aromatic nitrogens is 3. The summed E-state index contributed by atoms with van der Waals surface area (Å²) in [5, 5.41) is 10.3. The maximum Gasteiger partial charge on any atom is 0.274 e. The lowest BCUT2D eigenvalue weighted by molar-refractivity contribution is 0.0701. The lowest BCUT2D eigenvalue weighted by atomic mass is 9.90. The van der Waals surface area contributed by atoms with E-state index in [2.05, 4.69) is 47.3 Å². The molecular weight excluding hydrogens is 314 g/mol. The molecule has 2 aromatic heterocycles. The monoisotopic (exact) mass is 341 g/mol. The highest BCUT2D eigenvalue weighted by Crippen LogP contribution is 2.29. The molecule has 0 aliphatic carbocycles. The molecule has 3 heterocycles. The van der Waals surface area contributed by atoms with Crippen molar-refractivity contribution in [2.24, 2.45) is 0 Å². The first-order valence-electron chi connectivity index (χ1n) is 8.87. The zero-order valence-electron chi connectivity index (χ0n) is 15.5. The van der Waals surface area contributed by atoms with E-state index in [9.17, 15) is 4.79 Å². The Hall–Kier alpha value is -2.37. The van der Waals surface area contributed by atoms with Gasteiger partial charge in [-0.1, -0.05) is 20.8 Å². The summed E-state index contributed by atoms with van der Waals surface area (Å²) in [5.74, 6) is 1.22. The van der Waals surface area contributed by atoms with Crippen molar-refractivity contribution in [3.05, 3.63) is 41.3 Å². The fraction of sp³-hybridized carbons (Fsp3) is 0.526. The van der Waals surface area contributed by atoms with Crippen molar-refractivity contribution in [3.8, 4) is 0 Å². The molecule has 134 valence electrons. The Morgan fingerprint density at radius 1 is 1.36 bits per heavy atom. The van der Waals surface area contributed by atoms with E-state index in [-0.39, 0.29) is 11.3 Å². The maximum atomic E-state index is 12.9. The summed E-state index contributed by atoms with van der Waals surface area (Å²) in [6, 6.07) is 6.01. The van der Waals surface area contributed by atoms with Gasteiger partial charge in [-0.05, 0) is 36.6 Å². The first kappa shape index (κ1) is 17.5. The van der Waals surface area contributed by atoms with E-state index in [1.165, 1.54) is 5.56 Å². The molecular formula is C19H27N5O. The van der Waals surface area contributed by atoms with Crippen molar-refractivity contribution < 1.29 is 4.79 Å². The van der Waals surface area contributed by atoms with Crippen molar-refractivity contribution in [3.63, 3.8) is 0 Å². The van der Waals surface area contributed by atoms with Crippen molar-refractivity contribution >= 4 is 11.7 Å². The number of carbonyl (C=O) groups is 1. The summed E-state index contributed by atoms with van der Waals surface area (Å²) in [6.07, 6.45) is 3.92. The van der Waals surface area contributed by atoms with Crippen molar-refractivity contribution in [2.45, 2.75) is 44.9 Å². The largest absolute Gasteiger partial charge is 0.373 e. The number of nitrogens with zero attached hydrogens (tertiary/aromatic N) is 3. The lowest BCUT2D eigenvalue weighted by Gasteiger charge is -2.32.